The first kappa shape index (κ1) is 13.7. The number of carbonyl (C=O) groups is 1. The zero-order valence-electron chi connectivity index (χ0n) is 12.9. The van der Waals surface area contributed by atoms with Gasteiger partial charge in [0.15, 0.2) is 5.78 Å². The molecule has 2 aromatic rings. The summed E-state index contributed by atoms with van der Waals surface area (Å²) in [7, 11) is 0. The number of Topliss-reactive ketones (excluding diaryl/α,β-unsaturated/α-hetero) is 1. The maximum Gasteiger partial charge on any atom is 0.226 e. The zero-order valence-corrected chi connectivity index (χ0v) is 13.7. The van der Waals surface area contributed by atoms with Gasteiger partial charge in [0.05, 0.1) is 0 Å². The first-order valence-electron chi connectivity index (χ1n) is 7.43. The molecule has 6 heteroatoms. The third-order valence-corrected chi connectivity index (χ3v) is 5.50. The van der Waals surface area contributed by atoms with Crippen LogP contribution in [-0.4, -0.2) is 20.5 Å². The van der Waals surface area contributed by atoms with Gasteiger partial charge in [-0.15, -0.1) is 11.3 Å². The molecule has 22 heavy (non-hydrogen) atoms. The van der Waals surface area contributed by atoms with E-state index >= 15 is 0 Å². The molecule has 114 valence electrons. The van der Waals surface area contributed by atoms with Crippen molar-refractivity contribution in [3.63, 3.8) is 0 Å². The van der Waals surface area contributed by atoms with Crippen LogP contribution in [0.25, 0.3) is 0 Å². The van der Waals surface area contributed by atoms with Crippen LogP contribution < -0.4 is 5.32 Å². The van der Waals surface area contributed by atoms with Crippen LogP contribution in [0.3, 0.4) is 0 Å². The molecule has 5 nitrogen and oxygen atoms in total. The van der Waals surface area contributed by atoms with E-state index in [1.54, 1.807) is 17.7 Å². The number of aryl methyl sites for hydroxylation is 1. The van der Waals surface area contributed by atoms with Gasteiger partial charge in [-0.3, -0.25) is 4.79 Å². The van der Waals surface area contributed by atoms with Crippen LogP contribution in [0.2, 0.25) is 0 Å². The van der Waals surface area contributed by atoms with Crippen LogP contribution in [0.1, 0.15) is 43.2 Å². The van der Waals surface area contributed by atoms with E-state index in [1.165, 1.54) is 10.4 Å². The molecule has 1 atom stereocenters. The van der Waals surface area contributed by atoms with Gasteiger partial charge in [-0.1, -0.05) is 13.8 Å². The third-order valence-electron chi connectivity index (χ3n) is 4.42. The molecule has 0 saturated carbocycles. The quantitative estimate of drug-likeness (QED) is 0.877. The molecule has 3 heterocycles. The lowest BCUT2D eigenvalue weighted by Gasteiger charge is -2.38. The van der Waals surface area contributed by atoms with Crippen LogP contribution in [0.4, 0.5) is 5.95 Å². The lowest BCUT2D eigenvalue weighted by Crippen LogP contribution is -2.36. The Labute approximate surface area is 133 Å². The van der Waals surface area contributed by atoms with Crippen molar-refractivity contribution in [2.75, 3.05) is 5.32 Å². The van der Waals surface area contributed by atoms with Crippen LogP contribution >= 0.6 is 11.3 Å². The van der Waals surface area contributed by atoms with Gasteiger partial charge in [0.1, 0.15) is 12.4 Å². The summed E-state index contributed by atoms with van der Waals surface area (Å²) in [6.45, 7) is 6.37. The van der Waals surface area contributed by atoms with E-state index in [-0.39, 0.29) is 17.2 Å². The highest BCUT2D eigenvalue weighted by Gasteiger charge is 2.42. The first-order chi connectivity index (χ1) is 10.5. The number of thiophene rings is 1. The molecule has 0 fully saturated rings. The minimum Gasteiger partial charge on any atom is -0.328 e. The Hall–Kier alpha value is -1.95. The molecule has 1 aliphatic carbocycles. The summed E-state index contributed by atoms with van der Waals surface area (Å²) in [4.78, 5) is 18.3. The lowest BCUT2D eigenvalue weighted by molar-refractivity contribution is -0.118. The summed E-state index contributed by atoms with van der Waals surface area (Å²) in [5.41, 5.74) is 3.06. The average Bonchev–Trinajstić information content (AvgIpc) is 3.03. The summed E-state index contributed by atoms with van der Waals surface area (Å²) < 4.78 is 1.84. The minimum absolute atomic E-state index is 0.0137. The molecule has 1 aliphatic heterocycles. The molecule has 0 unspecified atom stereocenters. The second-order valence-corrected chi connectivity index (χ2v) is 7.80. The Bertz CT molecular complexity index is 799. The van der Waals surface area contributed by atoms with Crippen LogP contribution in [0.5, 0.6) is 0 Å². The highest BCUT2D eigenvalue weighted by molar-refractivity contribution is 7.10. The Morgan fingerprint density at radius 2 is 2.23 bits per heavy atom. The van der Waals surface area contributed by atoms with Crippen molar-refractivity contribution in [1.29, 1.82) is 0 Å². The van der Waals surface area contributed by atoms with Crippen LogP contribution in [0, 0.1) is 12.3 Å². The van der Waals surface area contributed by atoms with Crippen LogP contribution in [0.15, 0.2) is 29.0 Å². The number of ketones is 1. The highest BCUT2D eigenvalue weighted by Crippen LogP contribution is 2.46. The van der Waals surface area contributed by atoms with Gasteiger partial charge >= 0.3 is 0 Å². The number of hydrogen-bond acceptors (Lipinski definition) is 5. The maximum atomic E-state index is 12.8. The number of fused-ring (bicyclic) bond motifs is 1. The Balaban J connectivity index is 1.93. The second-order valence-electron chi connectivity index (χ2n) is 6.86. The van der Waals surface area contributed by atoms with Crippen LogP contribution in [-0.2, 0) is 4.79 Å². The number of rotatable bonds is 1. The number of carbonyl (C=O) groups excluding carboxylic acids is 1. The number of nitrogens with zero attached hydrogens (tertiary/aromatic N) is 3. The smallest absolute Gasteiger partial charge is 0.226 e. The van der Waals surface area contributed by atoms with Gasteiger partial charge in [0.2, 0.25) is 5.95 Å². The minimum atomic E-state index is -0.141. The number of aromatic nitrogens is 3. The predicted molar refractivity (Wildman–Crippen MR) is 85.9 cm³/mol. The van der Waals surface area contributed by atoms with Gasteiger partial charge in [0.25, 0.3) is 0 Å². The van der Waals surface area contributed by atoms with E-state index in [0.29, 0.717) is 6.42 Å². The van der Waals surface area contributed by atoms with Crippen molar-refractivity contribution in [2.45, 2.75) is 39.7 Å². The van der Waals surface area contributed by atoms with Crippen molar-refractivity contribution < 1.29 is 4.79 Å². The van der Waals surface area contributed by atoms with E-state index in [0.717, 1.165) is 23.6 Å². The molecule has 4 rings (SSSR count). The molecule has 0 bridgehead atoms. The topological polar surface area (TPSA) is 59.8 Å². The molecule has 2 aromatic heterocycles. The van der Waals surface area contributed by atoms with Crippen molar-refractivity contribution in [1.82, 2.24) is 14.8 Å². The van der Waals surface area contributed by atoms with E-state index in [2.05, 4.69) is 47.6 Å². The number of anilines is 1. The molecular formula is C16H18N4OS. The summed E-state index contributed by atoms with van der Waals surface area (Å²) in [5.74, 6) is 0.944. The third kappa shape index (κ3) is 1.94. The van der Waals surface area contributed by atoms with Crippen molar-refractivity contribution in [3.05, 3.63) is 39.5 Å². The van der Waals surface area contributed by atoms with E-state index in [1.807, 2.05) is 4.68 Å². The maximum absolute atomic E-state index is 12.8. The monoisotopic (exact) mass is 314 g/mol. The molecule has 0 saturated heterocycles. The number of allylic oxidation sites excluding steroid dienone is 2. The lowest BCUT2D eigenvalue weighted by atomic mass is 9.73. The molecule has 2 aliphatic rings. The summed E-state index contributed by atoms with van der Waals surface area (Å²) in [6.07, 6.45) is 2.99. The first-order valence-corrected chi connectivity index (χ1v) is 8.31. The molecule has 0 radical (unpaired) electrons. The highest BCUT2D eigenvalue weighted by atomic mass is 32.1. The van der Waals surface area contributed by atoms with Gasteiger partial charge in [-0.25, -0.2) is 4.68 Å². The van der Waals surface area contributed by atoms with Crippen molar-refractivity contribution in [2.24, 2.45) is 5.41 Å². The van der Waals surface area contributed by atoms with E-state index in [4.69, 9.17) is 0 Å². The number of nitrogens with one attached hydrogen (secondary N) is 1. The predicted octanol–water partition coefficient (Wildman–Crippen LogP) is 3.31. The zero-order chi connectivity index (χ0) is 15.5. The van der Waals surface area contributed by atoms with Gasteiger partial charge in [-0.05, 0) is 35.8 Å². The fourth-order valence-electron chi connectivity index (χ4n) is 3.46. The molecule has 0 spiro atoms. The van der Waals surface area contributed by atoms with E-state index < -0.39 is 0 Å². The SMILES string of the molecule is Cc1ccsc1[C@H]1C2=C(CC(C)(C)CC2=O)Nc2ncnn21. The number of hydrogen-bond donors (Lipinski definition) is 1. The average molecular weight is 314 g/mol. The molecule has 1 N–H and O–H groups in total. The van der Waals surface area contributed by atoms with Gasteiger partial charge < -0.3 is 5.32 Å². The fraction of sp³-hybridized carbons (Fsp3) is 0.438. The van der Waals surface area contributed by atoms with Gasteiger partial charge in [-0.2, -0.15) is 10.1 Å². The summed E-state index contributed by atoms with van der Waals surface area (Å²) in [6, 6.07) is 1.95. The van der Waals surface area contributed by atoms with E-state index in [9.17, 15) is 4.79 Å². The van der Waals surface area contributed by atoms with Gasteiger partial charge in [0, 0.05) is 22.6 Å². The molecule has 0 aromatic carbocycles. The Kier molecular flexibility index (Phi) is 2.81. The normalized spacial score (nSPS) is 23.0. The molecular weight excluding hydrogens is 296 g/mol. The largest absolute Gasteiger partial charge is 0.328 e. The second kappa shape index (κ2) is 4.52. The standard InChI is InChI=1S/C16H18N4OS/c1-9-4-5-22-14(9)13-12-10(6-16(2,3)7-11(12)21)19-15-17-8-18-20(13)15/h4-5,8,13H,6-7H2,1-3H3,(H,17,18,19)/t13-/m1/s1. The fourth-order valence-corrected chi connectivity index (χ4v) is 4.48. The molecule has 0 amide bonds. The summed E-state index contributed by atoms with van der Waals surface area (Å²) in [5, 5.41) is 9.76. The Morgan fingerprint density at radius 1 is 1.41 bits per heavy atom. The van der Waals surface area contributed by atoms with Crippen molar-refractivity contribution in [3.8, 4) is 0 Å². The Morgan fingerprint density at radius 3 is 2.95 bits per heavy atom. The van der Waals surface area contributed by atoms with Crippen molar-refractivity contribution >= 4 is 23.1 Å². The summed E-state index contributed by atoms with van der Waals surface area (Å²) >= 11 is 1.68.